The highest BCUT2D eigenvalue weighted by Gasteiger charge is 2.33. The summed E-state index contributed by atoms with van der Waals surface area (Å²) in [4.78, 5) is 7.09. The van der Waals surface area contributed by atoms with Crippen LogP contribution in [0.2, 0.25) is 0 Å². The Hall–Kier alpha value is -0.810. The van der Waals surface area contributed by atoms with Crippen LogP contribution in [0.5, 0.6) is 0 Å². The highest BCUT2D eigenvalue weighted by molar-refractivity contribution is 5.79. The number of unbranched alkanes of at least 4 members (excludes halogenated alkanes) is 1. The SMILES string of the molecule is CCOCCC1(CNC(=NC)NCCCCN2CCCCC2C)CCCC1. The molecule has 2 aliphatic rings. The third kappa shape index (κ3) is 7.98. The molecule has 158 valence electrons. The molecule has 0 aromatic rings. The van der Waals surface area contributed by atoms with E-state index >= 15 is 0 Å². The van der Waals surface area contributed by atoms with Gasteiger partial charge in [0.05, 0.1) is 0 Å². The van der Waals surface area contributed by atoms with Crippen LogP contribution in [0.15, 0.2) is 4.99 Å². The maximum Gasteiger partial charge on any atom is 0.190 e. The number of nitrogens with one attached hydrogen (secondary N) is 2. The number of aliphatic imine (C=N–C) groups is 1. The average molecular weight is 381 g/mol. The molecule has 0 aromatic heterocycles. The fourth-order valence-corrected chi connectivity index (χ4v) is 4.70. The fourth-order valence-electron chi connectivity index (χ4n) is 4.70. The number of rotatable bonds is 11. The lowest BCUT2D eigenvalue weighted by Crippen LogP contribution is -2.43. The summed E-state index contributed by atoms with van der Waals surface area (Å²) >= 11 is 0. The topological polar surface area (TPSA) is 48.9 Å². The number of hydrogen-bond acceptors (Lipinski definition) is 3. The van der Waals surface area contributed by atoms with Gasteiger partial charge >= 0.3 is 0 Å². The molecule has 1 atom stereocenters. The maximum absolute atomic E-state index is 5.63. The molecule has 2 fully saturated rings. The first-order valence-electron chi connectivity index (χ1n) is 11.5. The second-order valence-electron chi connectivity index (χ2n) is 8.59. The van der Waals surface area contributed by atoms with E-state index in [1.807, 2.05) is 7.05 Å². The molecule has 0 radical (unpaired) electrons. The molecule has 0 spiro atoms. The maximum atomic E-state index is 5.63. The summed E-state index contributed by atoms with van der Waals surface area (Å²) in [5, 5.41) is 7.12. The molecule has 1 aliphatic heterocycles. The predicted octanol–water partition coefficient (Wildman–Crippen LogP) is 3.79. The summed E-state index contributed by atoms with van der Waals surface area (Å²) in [5.41, 5.74) is 0.400. The first kappa shape index (κ1) is 22.5. The van der Waals surface area contributed by atoms with Crippen LogP contribution in [-0.4, -0.2) is 63.3 Å². The van der Waals surface area contributed by atoms with Gasteiger partial charge in [-0.15, -0.1) is 0 Å². The van der Waals surface area contributed by atoms with Crippen molar-refractivity contribution >= 4 is 5.96 Å². The summed E-state index contributed by atoms with van der Waals surface area (Å²) in [7, 11) is 1.88. The monoisotopic (exact) mass is 380 g/mol. The normalized spacial score (nSPS) is 23.5. The Balaban J connectivity index is 1.61. The lowest BCUT2D eigenvalue weighted by Gasteiger charge is -2.33. The number of guanidine groups is 1. The van der Waals surface area contributed by atoms with Gasteiger partial charge < -0.3 is 20.3 Å². The molecular formula is C22H44N4O. The molecule has 2 rings (SSSR count). The lowest BCUT2D eigenvalue weighted by atomic mass is 9.83. The molecule has 1 saturated carbocycles. The minimum atomic E-state index is 0.400. The van der Waals surface area contributed by atoms with Crippen LogP contribution in [0.25, 0.3) is 0 Å². The van der Waals surface area contributed by atoms with E-state index in [4.69, 9.17) is 4.74 Å². The number of piperidine rings is 1. The smallest absolute Gasteiger partial charge is 0.190 e. The summed E-state index contributed by atoms with van der Waals surface area (Å²) in [5.74, 6) is 0.962. The van der Waals surface area contributed by atoms with Crippen LogP contribution in [0.3, 0.4) is 0 Å². The predicted molar refractivity (Wildman–Crippen MR) is 115 cm³/mol. The van der Waals surface area contributed by atoms with Gasteiger partial charge in [-0.05, 0) is 77.3 Å². The van der Waals surface area contributed by atoms with Crippen molar-refractivity contribution in [3.05, 3.63) is 0 Å². The Morgan fingerprint density at radius 3 is 2.67 bits per heavy atom. The van der Waals surface area contributed by atoms with Crippen molar-refractivity contribution in [2.45, 2.75) is 84.1 Å². The molecule has 1 saturated heterocycles. The number of nitrogens with zero attached hydrogens (tertiary/aromatic N) is 2. The number of likely N-dealkylation sites (tertiary alicyclic amines) is 1. The van der Waals surface area contributed by atoms with E-state index in [9.17, 15) is 0 Å². The van der Waals surface area contributed by atoms with Gasteiger partial charge in [0, 0.05) is 39.4 Å². The van der Waals surface area contributed by atoms with Crippen LogP contribution in [-0.2, 0) is 4.74 Å². The van der Waals surface area contributed by atoms with Gasteiger partial charge in [-0.1, -0.05) is 19.3 Å². The average Bonchev–Trinajstić information content (AvgIpc) is 3.14. The fraction of sp³-hybridized carbons (Fsp3) is 0.955. The summed E-state index contributed by atoms with van der Waals surface area (Å²) in [6.07, 6.45) is 13.2. The Bertz CT molecular complexity index is 421. The largest absolute Gasteiger partial charge is 0.382 e. The van der Waals surface area contributed by atoms with Gasteiger partial charge in [-0.2, -0.15) is 0 Å². The molecule has 0 amide bonds. The van der Waals surface area contributed by atoms with E-state index in [1.165, 1.54) is 77.3 Å². The first-order valence-corrected chi connectivity index (χ1v) is 11.5. The van der Waals surface area contributed by atoms with Crippen LogP contribution < -0.4 is 10.6 Å². The van der Waals surface area contributed by atoms with Crippen LogP contribution in [0.4, 0.5) is 0 Å². The van der Waals surface area contributed by atoms with Gasteiger partial charge in [-0.25, -0.2) is 0 Å². The second-order valence-corrected chi connectivity index (χ2v) is 8.59. The first-order chi connectivity index (χ1) is 13.2. The standard InChI is InChI=1S/C22H44N4O/c1-4-27-18-14-22(12-6-7-13-22)19-25-21(23-3)24-15-8-10-17-26-16-9-5-11-20(26)2/h20H,4-19H2,1-3H3,(H2,23,24,25). The van der Waals surface area contributed by atoms with Gasteiger partial charge in [0.2, 0.25) is 0 Å². The zero-order valence-electron chi connectivity index (χ0n) is 18.2. The zero-order chi connectivity index (χ0) is 19.4. The summed E-state index contributed by atoms with van der Waals surface area (Å²) in [6.45, 7) is 10.7. The highest BCUT2D eigenvalue weighted by atomic mass is 16.5. The summed E-state index contributed by atoms with van der Waals surface area (Å²) < 4.78 is 5.63. The van der Waals surface area contributed by atoms with E-state index in [0.29, 0.717) is 5.41 Å². The van der Waals surface area contributed by atoms with Gasteiger partial charge in [-0.3, -0.25) is 4.99 Å². The third-order valence-electron chi connectivity index (χ3n) is 6.60. The van der Waals surface area contributed by atoms with Gasteiger partial charge in [0.1, 0.15) is 0 Å². The van der Waals surface area contributed by atoms with E-state index in [1.54, 1.807) is 0 Å². The Morgan fingerprint density at radius 2 is 1.96 bits per heavy atom. The molecule has 27 heavy (non-hydrogen) atoms. The molecule has 5 heteroatoms. The van der Waals surface area contributed by atoms with Gasteiger partial charge in [0.15, 0.2) is 5.96 Å². The zero-order valence-corrected chi connectivity index (χ0v) is 18.2. The van der Waals surface area contributed by atoms with Gasteiger partial charge in [0.25, 0.3) is 0 Å². The Labute approximate surface area is 167 Å². The minimum absolute atomic E-state index is 0.400. The summed E-state index contributed by atoms with van der Waals surface area (Å²) in [6, 6.07) is 0.778. The van der Waals surface area contributed by atoms with Crippen molar-refractivity contribution in [2.75, 3.05) is 46.4 Å². The van der Waals surface area contributed by atoms with Crippen molar-refractivity contribution in [2.24, 2.45) is 10.4 Å². The second kappa shape index (κ2) is 12.6. The number of ether oxygens (including phenoxy) is 1. The molecule has 1 unspecified atom stereocenters. The quantitative estimate of drug-likeness (QED) is 0.325. The molecule has 1 heterocycles. The number of hydrogen-bond donors (Lipinski definition) is 2. The molecule has 5 nitrogen and oxygen atoms in total. The van der Waals surface area contributed by atoms with Crippen molar-refractivity contribution in [1.29, 1.82) is 0 Å². The van der Waals surface area contributed by atoms with Crippen molar-refractivity contribution in [1.82, 2.24) is 15.5 Å². The van der Waals surface area contributed by atoms with E-state index in [-0.39, 0.29) is 0 Å². The third-order valence-corrected chi connectivity index (χ3v) is 6.60. The van der Waals surface area contributed by atoms with E-state index in [0.717, 1.165) is 38.3 Å². The minimum Gasteiger partial charge on any atom is -0.382 e. The van der Waals surface area contributed by atoms with Crippen molar-refractivity contribution in [3.8, 4) is 0 Å². The Morgan fingerprint density at radius 1 is 1.15 bits per heavy atom. The molecule has 0 bridgehead atoms. The highest BCUT2D eigenvalue weighted by Crippen LogP contribution is 2.40. The van der Waals surface area contributed by atoms with Crippen molar-refractivity contribution in [3.63, 3.8) is 0 Å². The molecular weight excluding hydrogens is 336 g/mol. The lowest BCUT2D eigenvalue weighted by molar-refractivity contribution is 0.105. The van der Waals surface area contributed by atoms with Crippen molar-refractivity contribution < 1.29 is 4.74 Å². The molecule has 2 N–H and O–H groups in total. The van der Waals surface area contributed by atoms with E-state index < -0.39 is 0 Å². The van der Waals surface area contributed by atoms with Crippen LogP contribution in [0.1, 0.15) is 78.1 Å². The Kier molecular flexibility index (Phi) is 10.5. The van der Waals surface area contributed by atoms with Crippen LogP contribution >= 0.6 is 0 Å². The molecule has 1 aliphatic carbocycles. The molecule has 0 aromatic carbocycles. The van der Waals surface area contributed by atoms with E-state index in [2.05, 4.69) is 34.4 Å². The van der Waals surface area contributed by atoms with Crippen LogP contribution in [0, 0.1) is 5.41 Å².